The molecule has 1 unspecified atom stereocenters. The van der Waals surface area contributed by atoms with Crippen molar-refractivity contribution in [2.45, 2.75) is 18.9 Å². The zero-order chi connectivity index (χ0) is 11.8. The third kappa shape index (κ3) is 1.97. The van der Waals surface area contributed by atoms with Crippen molar-refractivity contribution >= 4 is 23.3 Å². The van der Waals surface area contributed by atoms with E-state index in [1.54, 1.807) is 6.20 Å². The molecule has 1 aromatic heterocycles. The van der Waals surface area contributed by atoms with Crippen LogP contribution in [-0.4, -0.2) is 41.5 Å². The van der Waals surface area contributed by atoms with Crippen LogP contribution in [0.3, 0.4) is 0 Å². The topological polar surface area (TPSA) is 36.4 Å². The van der Waals surface area contributed by atoms with Crippen molar-refractivity contribution in [3.8, 4) is 0 Å². The zero-order valence-electron chi connectivity index (χ0n) is 9.47. The van der Waals surface area contributed by atoms with Crippen molar-refractivity contribution in [1.29, 1.82) is 0 Å². The monoisotopic (exact) mass is 251 g/mol. The number of fused-ring (bicyclic) bond motifs is 1. The molecule has 0 bridgehead atoms. The molecule has 3 rings (SSSR count). The molecule has 0 spiro atoms. The second kappa shape index (κ2) is 4.18. The lowest BCUT2D eigenvalue weighted by Crippen LogP contribution is -2.51. The number of pyridine rings is 1. The lowest BCUT2D eigenvalue weighted by Gasteiger charge is -2.38. The summed E-state index contributed by atoms with van der Waals surface area (Å²) >= 11 is 5.82. The minimum absolute atomic E-state index is 0.304. The van der Waals surface area contributed by atoms with Crippen LogP contribution in [0.1, 0.15) is 12.8 Å². The molecule has 0 aromatic carbocycles. The Kier molecular flexibility index (Phi) is 2.67. The number of carbonyl (C=O) groups excluding carboxylic acids is 1. The minimum Gasteiger partial charge on any atom is -0.353 e. The van der Waals surface area contributed by atoms with Crippen LogP contribution < -0.4 is 4.90 Å². The standard InChI is InChI=1S/C12H14ClN3O/c13-9-1-3-11(14-7-9)15-5-6-16-10(8-15)2-4-12(16)17/h1,3,7,10H,2,4-6,8H2. The van der Waals surface area contributed by atoms with Gasteiger partial charge in [0.2, 0.25) is 5.91 Å². The normalized spacial score (nSPS) is 24.1. The predicted octanol–water partition coefficient (Wildman–Crippen LogP) is 1.55. The van der Waals surface area contributed by atoms with Crippen molar-refractivity contribution < 1.29 is 4.79 Å². The van der Waals surface area contributed by atoms with E-state index in [0.29, 0.717) is 23.4 Å². The average Bonchev–Trinajstić information content (AvgIpc) is 2.72. The number of anilines is 1. The third-order valence-corrected chi connectivity index (χ3v) is 3.75. The molecular weight excluding hydrogens is 238 g/mol. The van der Waals surface area contributed by atoms with Gasteiger partial charge >= 0.3 is 0 Å². The Labute approximate surface area is 105 Å². The SMILES string of the molecule is O=C1CCC2CN(c3ccc(Cl)cn3)CCN12. The molecule has 0 aliphatic carbocycles. The molecule has 5 heteroatoms. The summed E-state index contributed by atoms with van der Waals surface area (Å²) < 4.78 is 0. The number of hydrogen-bond donors (Lipinski definition) is 0. The predicted molar refractivity (Wildman–Crippen MR) is 66.2 cm³/mol. The first-order valence-electron chi connectivity index (χ1n) is 5.90. The molecule has 0 N–H and O–H groups in total. The van der Waals surface area contributed by atoms with E-state index in [2.05, 4.69) is 9.88 Å². The van der Waals surface area contributed by atoms with Gasteiger partial charge < -0.3 is 9.80 Å². The molecule has 1 amide bonds. The molecule has 17 heavy (non-hydrogen) atoms. The van der Waals surface area contributed by atoms with Crippen molar-refractivity contribution in [2.75, 3.05) is 24.5 Å². The van der Waals surface area contributed by atoms with E-state index in [4.69, 9.17) is 11.6 Å². The van der Waals surface area contributed by atoms with Crippen LogP contribution in [0.4, 0.5) is 5.82 Å². The molecule has 2 fully saturated rings. The number of amides is 1. The molecule has 4 nitrogen and oxygen atoms in total. The van der Waals surface area contributed by atoms with Gasteiger partial charge in [0.05, 0.1) is 5.02 Å². The number of halogens is 1. The second-order valence-electron chi connectivity index (χ2n) is 4.56. The van der Waals surface area contributed by atoms with E-state index in [0.717, 1.165) is 31.9 Å². The summed E-state index contributed by atoms with van der Waals surface area (Å²) in [5.41, 5.74) is 0. The first-order valence-corrected chi connectivity index (χ1v) is 6.28. The molecule has 2 aliphatic rings. The lowest BCUT2D eigenvalue weighted by molar-refractivity contribution is -0.129. The number of hydrogen-bond acceptors (Lipinski definition) is 3. The zero-order valence-corrected chi connectivity index (χ0v) is 10.2. The quantitative estimate of drug-likeness (QED) is 0.760. The van der Waals surface area contributed by atoms with E-state index in [1.165, 1.54) is 0 Å². The fraction of sp³-hybridized carbons (Fsp3) is 0.500. The maximum Gasteiger partial charge on any atom is 0.223 e. The van der Waals surface area contributed by atoms with Crippen LogP contribution in [-0.2, 0) is 4.79 Å². The van der Waals surface area contributed by atoms with Crippen LogP contribution in [0.25, 0.3) is 0 Å². The maximum absolute atomic E-state index is 11.6. The van der Waals surface area contributed by atoms with Gasteiger partial charge in [-0.2, -0.15) is 0 Å². The van der Waals surface area contributed by atoms with Gasteiger partial charge in [-0.05, 0) is 18.6 Å². The molecule has 0 radical (unpaired) electrons. The van der Waals surface area contributed by atoms with Crippen molar-refractivity contribution in [2.24, 2.45) is 0 Å². The Hall–Kier alpha value is -1.29. The Morgan fingerprint density at radius 3 is 3.00 bits per heavy atom. The fourth-order valence-electron chi connectivity index (χ4n) is 2.63. The highest BCUT2D eigenvalue weighted by Crippen LogP contribution is 2.25. The lowest BCUT2D eigenvalue weighted by atomic mass is 10.1. The third-order valence-electron chi connectivity index (χ3n) is 3.53. The number of piperazine rings is 1. The minimum atomic E-state index is 0.304. The molecule has 2 saturated heterocycles. The molecule has 90 valence electrons. The summed E-state index contributed by atoms with van der Waals surface area (Å²) in [6.07, 6.45) is 3.35. The summed E-state index contributed by atoms with van der Waals surface area (Å²) in [5, 5.41) is 0.656. The number of rotatable bonds is 1. The Morgan fingerprint density at radius 1 is 1.35 bits per heavy atom. The maximum atomic E-state index is 11.6. The molecule has 1 atom stereocenters. The summed E-state index contributed by atoms with van der Waals surface area (Å²) in [6, 6.07) is 4.17. The first kappa shape index (κ1) is 10.8. The molecular formula is C12H14ClN3O. The summed E-state index contributed by atoms with van der Waals surface area (Å²) in [5.74, 6) is 1.26. The van der Waals surface area contributed by atoms with Crippen molar-refractivity contribution in [3.63, 3.8) is 0 Å². The van der Waals surface area contributed by atoms with Gasteiger partial charge in [-0.15, -0.1) is 0 Å². The molecule has 3 heterocycles. The van der Waals surface area contributed by atoms with Gasteiger partial charge in [-0.1, -0.05) is 11.6 Å². The van der Waals surface area contributed by atoms with Gasteiger partial charge in [0.25, 0.3) is 0 Å². The van der Waals surface area contributed by atoms with E-state index < -0.39 is 0 Å². The van der Waals surface area contributed by atoms with Gasteiger partial charge in [-0.3, -0.25) is 4.79 Å². The summed E-state index contributed by atoms with van der Waals surface area (Å²) in [4.78, 5) is 20.1. The Bertz CT molecular complexity index is 434. The number of nitrogens with zero attached hydrogens (tertiary/aromatic N) is 3. The second-order valence-corrected chi connectivity index (χ2v) is 5.00. The largest absolute Gasteiger partial charge is 0.353 e. The van der Waals surface area contributed by atoms with Gasteiger partial charge in [0.15, 0.2) is 0 Å². The first-order chi connectivity index (χ1) is 8.24. The van der Waals surface area contributed by atoms with Crippen LogP contribution in [0, 0.1) is 0 Å². The van der Waals surface area contributed by atoms with Crippen LogP contribution >= 0.6 is 11.6 Å². The van der Waals surface area contributed by atoms with Crippen molar-refractivity contribution in [3.05, 3.63) is 23.4 Å². The van der Waals surface area contributed by atoms with Crippen LogP contribution in [0.2, 0.25) is 5.02 Å². The van der Waals surface area contributed by atoms with Gasteiger partial charge in [-0.25, -0.2) is 4.98 Å². The van der Waals surface area contributed by atoms with E-state index in [9.17, 15) is 4.79 Å². The van der Waals surface area contributed by atoms with Crippen molar-refractivity contribution in [1.82, 2.24) is 9.88 Å². The molecule has 1 aromatic rings. The van der Waals surface area contributed by atoms with Crippen LogP contribution in [0.5, 0.6) is 0 Å². The molecule has 0 saturated carbocycles. The highest BCUT2D eigenvalue weighted by Gasteiger charge is 2.35. The fourth-order valence-corrected chi connectivity index (χ4v) is 2.74. The van der Waals surface area contributed by atoms with E-state index in [-0.39, 0.29) is 0 Å². The smallest absolute Gasteiger partial charge is 0.223 e. The summed E-state index contributed by atoms with van der Waals surface area (Å²) in [7, 11) is 0. The average molecular weight is 252 g/mol. The Balaban J connectivity index is 1.75. The highest BCUT2D eigenvalue weighted by atomic mass is 35.5. The summed E-state index contributed by atoms with van der Waals surface area (Å²) in [6.45, 7) is 2.56. The number of aromatic nitrogens is 1. The number of carbonyl (C=O) groups is 1. The highest BCUT2D eigenvalue weighted by molar-refractivity contribution is 6.30. The molecule has 2 aliphatic heterocycles. The Morgan fingerprint density at radius 2 is 2.24 bits per heavy atom. The van der Waals surface area contributed by atoms with Gasteiger partial charge in [0, 0.05) is 38.3 Å². The van der Waals surface area contributed by atoms with Crippen LogP contribution in [0.15, 0.2) is 18.3 Å². The van der Waals surface area contributed by atoms with E-state index >= 15 is 0 Å². The van der Waals surface area contributed by atoms with Gasteiger partial charge in [0.1, 0.15) is 5.82 Å². The van der Waals surface area contributed by atoms with E-state index in [1.807, 2.05) is 17.0 Å².